The summed E-state index contributed by atoms with van der Waals surface area (Å²) in [6, 6.07) is 16.1. The van der Waals surface area contributed by atoms with E-state index in [0.717, 1.165) is 4.90 Å². The van der Waals surface area contributed by atoms with Crippen molar-refractivity contribution in [2.24, 2.45) is 0 Å². The molecule has 11 heteroatoms. The van der Waals surface area contributed by atoms with Gasteiger partial charge >= 0.3 is 6.03 Å². The molecule has 0 radical (unpaired) electrons. The summed E-state index contributed by atoms with van der Waals surface area (Å²) in [6.45, 7) is 0.134. The number of amides is 4. The van der Waals surface area contributed by atoms with Crippen LogP contribution in [0.15, 0.2) is 72.3 Å². The van der Waals surface area contributed by atoms with Crippen molar-refractivity contribution in [3.8, 4) is 17.2 Å². The van der Waals surface area contributed by atoms with Gasteiger partial charge < -0.3 is 14.2 Å². The van der Waals surface area contributed by atoms with Gasteiger partial charge in [-0.2, -0.15) is 0 Å². The third-order valence-corrected chi connectivity index (χ3v) is 5.47. The number of hydrogen-bond acceptors (Lipinski definition) is 8. The summed E-state index contributed by atoms with van der Waals surface area (Å²) in [5.74, 6) is -0.336. The quantitative estimate of drug-likeness (QED) is 0.212. The maximum Gasteiger partial charge on any atom is 0.335 e. The van der Waals surface area contributed by atoms with Crippen LogP contribution in [0.3, 0.4) is 0 Å². The van der Waals surface area contributed by atoms with E-state index in [0.29, 0.717) is 28.4 Å². The minimum atomic E-state index is -0.857. The number of carbonyl (C=O) groups is 3. The fourth-order valence-corrected chi connectivity index (χ4v) is 3.56. The third-order valence-electron chi connectivity index (χ3n) is 5.47. The smallest absolute Gasteiger partial charge is 0.335 e. The van der Waals surface area contributed by atoms with E-state index in [-0.39, 0.29) is 23.6 Å². The number of hydrogen-bond donors (Lipinski definition) is 1. The fraction of sp³-hybridized carbons (Fsp3) is 0.115. The zero-order valence-corrected chi connectivity index (χ0v) is 19.8. The molecular formula is C26H21N3O8. The van der Waals surface area contributed by atoms with Crippen LogP contribution in [0.1, 0.15) is 11.1 Å². The average Bonchev–Trinajstić information content (AvgIpc) is 2.90. The number of urea groups is 1. The monoisotopic (exact) mass is 503 g/mol. The van der Waals surface area contributed by atoms with Crippen LogP contribution in [0.4, 0.5) is 16.2 Å². The first kappa shape index (κ1) is 24.9. The summed E-state index contributed by atoms with van der Waals surface area (Å²) in [4.78, 5) is 49.2. The van der Waals surface area contributed by atoms with Crippen molar-refractivity contribution in [2.75, 3.05) is 19.1 Å². The molecule has 0 saturated carbocycles. The number of benzene rings is 3. The van der Waals surface area contributed by atoms with Gasteiger partial charge in [0.25, 0.3) is 17.5 Å². The number of carbonyl (C=O) groups excluding carboxylic acids is 3. The maximum absolute atomic E-state index is 13.1. The first-order valence-electron chi connectivity index (χ1n) is 10.9. The molecule has 0 unspecified atom stereocenters. The molecule has 1 N–H and O–H groups in total. The molecule has 37 heavy (non-hydrogen) atoms. The topological polar surface area (TPSA) is 137 Å². The SMILES string of the molecule is COc1ccc(N2C(=O)NC(=O)/C(=C\c3ccc(OCc4ccc([N+](=O)[O-])cc4)c(OC)c3)C2=O)cc1. The molecule has 1 heterocycles. The molecule has 11 nitrogen and oxygen atoms in total. The summed E-state index contributed by atoms with van der Waals surface area (Å²) in [5.41, 5.74) is 1.19. The van der Waals surface area contributed by atoms with E-state index in [9.17, 15) is 24.5 Å². The molecule has 188 valence electrons. The van der Waals surface area contributed by atoms with Gasteiger partial charge in [0, 0.05) is 12.1 Å². The normalized spacial score (nSPS) is 14.4. The van der Waals surface area contributed by atoms with Crippen molar-refractivity contribution in [2.45, 2.75) is 6.61 Å². The van der Waals surface area contributed by atoms with Crippen LogP contribution in [0.2, 0.25) is 0 Å². The van der Waals surface area contributed by atoms with Crippen molar-refractivity contribution in [3.05, 3.63) is 93.5 Å². The van der Waals surface area contributed by atoms with Crippen molar-refractivity contribution in [3.63, 3.8) is 0 Å². The molecule has 1 aliphatic heterocycles. The van der Waals surface area contributed by atoms with Gasteiger partial charge in [-0.1, -0.05) is 6.07 Å². The van der Waals surface area contributed by atoms with E-state index >= 15 is 0 Å². The Bertz CT molecular complexity index is 1400. The number of nitro benzene ring substituents is 1. The molecule has 1 fully saturated rings. The second-order valence-corrected chi connectivity index (χ2v) is 7.78. The lowest BCUT2D eigenvalue weighted by Crippen LogP contribution is -2.54. The number of non-ortho nitro benzene ring substituents is 1. The minimum Gasteiger partial charge on any atom is -0.497 e. The standard InChI is InChI=1S/C26H21N3O8/c1-35-20-10-8-18(9-11-20)28-25(31)21(24(30)27-26(28)32)13-17-5-12-22(23(14-17)36-2)37-15-16-3-6-19(7-4-16)29(33)34/h3-14H,15H2,1-2H3,(H,27,30,32)/b21-13+. The van der Waals surface area contributed by atoms with Crippen molar-refractivity contribution in [1.82, 2.24) is 5.32 Å². The average molecular weight is 503 g/mol. The molecule has 1 aliphatic rings. The highest BCUT2D eigenvalue weighted by Gasteiger charge is 2.36. The molecule has 4 amide bonds. The lowest BCUT2D eigenvalue weighted by atomic mass is 10.1. The Kier molecular flexibility index (Phi) is 7.14. The van der Waals surface area contributed by atoms with Crippen LogP contribution < -0.4 is 24.4 Å². The zero-order valence-electron chi connectivity index (χ0n) is 19.8. The molecule has 0 aliphatic carbocycles. The van der Waals surface area contributed by atoms with Crippen LogP contribution in [-0.2, 0) is 16.2 Å². The Morgan fingerprint density at radius 1 is 0.919 bits per heavy atom. The van der Waals surface area contributed by atoms with Crippen LogP contribution in [0.25, 0.3) is 6.08 Å². The fourth-order valence-electron chi connectivity index (χ4n) is 3.56. The van der Waals surface area contributed by atoms with Crippen LogP contribution in [0, 0.1) is 10.1 Å². The molecule has 3 aromatic carbocycles. The summed E-state index contributed by atoms with van der Waals surface area (Å²) < 4.78 is 16.3. The van der Waals surface area contributed by atoms with Gasteiger partial charge in [-0.25, -0.2) is 9.69 Å². The predicted octanol–water partition coefficient (Wildman–Crippen LogP) is 3.86. The highest BCUT2D eigenvalue weighted by molar-refractivity contribution is 6.39. The lowest BCUT2D eigenvalue weighted by Gasteiger charge is -2.26. The van der Waals surface area contributed by atoms with Crippen molar-refractivity contribution >= 4 is 35.3 Å². The highest BCUT2D eigenvalue weighted by Crippen LogP contribution is 2.31. The maximum atomic E-state index is 13.1. The molecule has 1 saturated heterocycles. The van der Waals surface area contributed by atoms with Crippen LogP contribution >= 0.6 is 0 Å². The molecule has 0 spiro atoms. The Morgan fingerprint density at radius 3 is 2.24 bits per heavy atom. The largest absolute Gasteiger partial charge is 0.497 e. The van der Waals surface area contributed by atoms with Gasteiger partial charge in [0.15, 0.2) is 11.5 Å². The van der Waals surface area contributed by atoms with Gasteiger partial charge in [0.05, 0.1) is 24.8 Å². The first-order valence-corrected chi connectivity index (χ1v) is 10.9. The Morgan fingerprint density at radius 2 is 1.62 bits per heavy atom. The number of ether oxygens (including phenoxy) is 3. The van der Waals surface area contributed by atoms with Crippen LogP contribution in [-0.4, -0.2) is 37.0 Å². The van der Waals surface area contributed by atoms with Gasteiger partial charge in [-0.3, -0.25) is 25.0 Å². The van der Waals surface area contributed by atoms with Crippen LogP contribution in [0.5, 0.6) is 17.2 Å². The molecule has 4 rings (SSSR count). The minimum absolute atomic E-state index is 0.0210. The lowest BCUT2D eigenvalue weighted by molar-refractivity contribution is -0.384. The molecule has 0 atom stereocenters. The third kappa shape index (κ3) is 5.40. The number of nitrogens with one attached hydrogen (secondary N) is 1. The summed E-state index contributed by atoms with van der Waals surface area (Å²) in [7, 11) is 2.93. The number of barbiturate groups is 1. The second kappa shape index (κ2) is 10.6. The predicted molar refractivity (Wildman–Crippen MR) is 132 cm³/mol. The second-order valence-electron chi connectivity index (χ2n) is 7.78. The summed E-state index contributed by atoms with van der Waals surface area (Å²) in [5, 5.41) is 13.0. The van der Waals surface area contributed by atoms with E-state index in [1.807, 2.05) is 0 Å². The van der Waals surface area contributed by atoms with Gasteiger partial charge in [-0.15, -0.1) is 0 Å². The number of rotatable bonds is 8. The van der Waals surface area contributed by atoms with E-state index in [2.05, 4.69) is 5.32 Å². The Balaban J connectivity index is 1.55. The summed E-state index contributed by atoms with van der Waals surface area (Å²) >= 11 is 0. The molecule has 3 aromatic rings. The Hall–Kier alpha value is -5.19. The number of anilines is 1. The summed E-state index contributed by atoms with van der Waals surface area (Å²) in [6.07, 6.45) is 1.35. The van der Waals surface area contributed by atoms with E-state index in [1.54, 1.807) is 42.5 Å². The molecule has 0 bridgehead atoms. The van der Waals surface area contributed by atoms with Gasteiger partial charge in [0.1, 0.15) is 17.9 Å². The number of nitro groups is 1. The number of methoxy groups -OCH3 is 2. The van der Waals surface area contributed by atoms with E-state index in [4.69, 9.17) is 14.2 Å². The highest BCUT2D eigenvalue weighted by atomic mass is 16.6. The van der Waals surface area contributed by atoms with Gasteiger partial charge in [0.2, 0.25) is 0 Å². The number of imide groups is 2. The molecule has 0 aromatic heterocycles. The Labute approximate surface area is 211 Å². The zero-order chi connectivity index (χ0) is 26.5. The molecular weight excluding hydrogens is 482 g/mol. The first-order chi connectivity index (χ1) is 17.8. The number of nitrogens with zero attached hydrogens (tertiary/aromatic N) is 2. The van der Waals surface area contributed by atoms with Gasteiger partial charge in [-0.05, 0) is 65.7 Å². The van der Waals surface area contributed by atoms with Crippen molar-refractivity contribution < 1.29 is 33.5 Å². The van der Waals surface area contributed by atoms with E-state index < -0.39 is 22.8 Å². The van der Waals surface area contributed by atoms with E-state index in [1.165, 1.54) is 44.6 Å². The van der Waals surface area contributed by atoms with Crippen molar-refractivity contribution in [1.29, 1.82) is 0 Å².